The van der Waals surface area contributed by atoms with Crippen LogP contribution in [0.5, 0.6) is 17.2 Å². The first-order valence-electron chi connectivity index (χ1n) is 40.8. The molecule has 6 aliphatic rings. The van der Waals surface area contributed by atoms with Gasteiger partial charge >= 0.3 is 18.2 Å². The molecule has 3 aromatic carbocycles. The maximum Gasteiger partial charge on any atom is 0.435 e. The highest BCUT2D eigenvalue weighted by Gasteiger charge is 2.57. The first-order chi connectivity index (χ1) is 60.8. The molecule has 0 spiro atoms. The van der Waals surface area contributed by atoms with Crippen molar-refractivity contribution in [1.29, 1.82) is 0 Å². The van der Waals surface area contributed by atoms with Crippen molar-refractivity contribution in [2.75, 3.05) is 56.2 Å². The third kappa shape index (κ3) is 22.1. The third-order valence-corrected chi connectivity index (χ3v) is 22.9. The van der Waals surface area contributed by atoms with Gasteiger partial charge in [0.05, 0.1) is 70.5 Å². The number of hydrogen-bond donors (Lipinski definition) is 6. The number of carbonyl (C=O) groups is 8. The van der Waals surface area contributed by atoms with Gasteiger partial charge in [-0.15, -0.1) is 0 Å². The fourth-order valence-corrected chi connectivity index (χ4v) is 16.3. The molecule has 9 heterocycles. The maximum atomic E-state index is 14.8. The molecule has 3 saturated heterocycles. The van der Waals surface area contributed by atoms with Crippen LogP contribution < -0.4 is 35.5 Å². The van der Waals surface area contributed by atoms with Crippen molar-refractivity contribution in [2.45, 2.75) is 220 Å². The Morgan fingerprint density at radius 2 is 0.814 bits per heavy atom. The number of fused-ring (bicyclic) bond motifs is 3. The van der Waals surface area contributed by atoms with Crippen LogP contribution >= 0.6 is 0 Å². The Morgan fingerprint density at radius 1 is 0.457 bits per heavy atom. The number of hydrogen-bond acceptors (Lipinski definition) is 20. The molecule has 15 rings (SSSR count). The van der Waals surface area contributed by atoms with Gasteiger partial charge in [-0.3, -0.25) is 33.9 Å². The number of carbonyl (C=O) groups excluding carboxylic acids is 7. The predicted molar refractivity (Wildman–Crippen MR) is 431 cm³/mol. The first-order valence-corrected chi connectivity index (χ1v) is 40.8. The number of aromatic amines is 1. The predicted octanol–water partition coefficient (Wildman–Crippen LogP) is 15.6. The average molecular weight is 1830 g/mol. The number of carboxylic acid groups (broad SMARTS) is 1. The van der Waals surface area contributed by atoms with Crippen molar-refractivity contribution in [3.05, 3.63) is 144 Å². The highest BCUT2D eigenvalue weighted by molar-refractivity contribution is 6.02. The Kier molecular flexibility index (Phi) is 28.5. The van der Waals surface area contributed by atoms with Crippen LogP contribution in [0, 0.1) is 17.5 Å². The van der Waals surface area contributed by atoms with Gasteiger partial charge in [0.25, 0.3) is 0 Å². The second-order valence-electron chi connectivity index (χ2n) is 34.0. The summed E-state index contributed by atoms with van der Waals surface area (Å²) in [5.41, 5.74) is -3.50. The summed E-state index contributed by atoms with van der Waals surface area (Å²) in [7, 11) is 0. The van der Waals surface area contributed by atoms with Crippen molar-refractivity contribution in [1.82, 2.24) is 59.8 Å². The lowest BCUT2D eigenvalue weighted by atomic mass is 9.67. The molecule has 0 radical (unpaired) electrons. The summed E-state index contributed by atoms with van der Waals surface area (Å²) >= 11 is 0. The largest absolute Gasteiger partial charge is 0.481 e. The van der Waals surface area contributed by atoms with Gasteiger partial charge in [-0.05, 0) is 170 Å². The van der Waals surface area contributed by atoms with E-state index in [9.17, 15) is 109 Å². The Morgan fingerprint density at radius 3 is 1.16 bits per heavy atom. The van der Waals surface area contributed by atoms with Gasteiger partial charge in [0.2, 0.25) is 67.9 Å². The van der Waals surface area contributed by atoms with E-state index in [0.29, 0.717) is 33.4 Å². The number of nitrogens with zero attached hydrogens (tertiary/aromatic N) is 10. The van der Waals surface area contributed by atoms with Crippen LogP contribution in [0.3, 0.4) is 0 Å². The molecule has 0 bridgehead atoms. The number of rotatable bonds is 18. The van der Waals surface area contributed by atoms with Crippen LogP contribution in [-0.4, -0.2) is 213 Å². The Balaban J connectivity index is 0.000000162. The Hall–Kier alpha value is -12.4. The SMILES string of the molecule is CC(C)(C)OC(=O)n1ncc2nc(NC(=O)[C@H]3C[C@@H](F)CN3)ccc21.CC(C)(C)OC(=O)n1ncc2nc(NC(=O)[C@H]3C[C@@H](F)CN3C(=O)C3(c4ccc(OCF)c(F)c4)CCC(F)(F)CC3)ccc21.O=C(Nc1ccc2[nH]ncc2n1)[C@H]1C[C@@H](F)CN1C(=O)C1(c2ccc(OCF)c(F)c2)CCC(F)(F)CC1.O=C(O)C1(c2ccc(OCF)c(F)c2)CCC(F)(F)CC1. The minimum atomic E-state index is -3.06. The van der Waals surface area contributed by atoms with Gasteiger partial charge in [-0.1, -0.05) is 18.2 Å². The Labute approximate surface area is 725 Å². The van der Waals surface area contributed by atoms with E-state index < -0.39 is 225 Å². The number of pyridine rings is 3. The Bertz CT molecular complexity index is 5620. The number of carboxylic acids is 1. The third-order valence-electron chi connectivity index (χ3n) is 22.9. The summed E-state index contributed by atoms with van der Waals surface area (Å²) in [6, 6.07) is 16.1. The van der Waals surface area contributed by atoms with E-state index in [1.165, 1.54) is 55.0 Å². The fourth-order valence-electron chi connectivity index (χ4n) is 16.3. The molecule has 5 amide bonds. The molecule has 29 nitrogen and oxygen atoms in total. The second kappa shape index (κ2) is 38.5. The van der Waals surface area contributed by atoms with Crippen molar-refractivity contribution in [3.63, 3.8) is 0 Å². The number of alkyl halides is 12. The summed E-state index contributed by atoms with van der Waals surface area (Å²) in [5.74, 6) is -17.1. The molecule has 6 atom stereocenters. The van der Waals surface area contributed by atoms with Crippen molar-refractivity contribution in [3.8, 4) is 17.2 Å². The molecule has 0 unspecified atom stereocenters. The summed E-state index contributed by atoms with van der Waals surface area (Å²) in [5, 5.41) is 34.6. The lowest BCUT2D eigenvalue weighted by molar-refractivity contribution is -0.149. The molecule has 6 N–H and O–H groups in total. The van der Waals surface area contributed by atoms with Gasteiger partial charge in [0.15, 0.2) is 34.7 Å². The van der Waals surface area contributed by atoms with Crippen LogP contribution in [0.25, 0.3) is 33.1 Å². The number of nitrogens with one attached hydrogen (secondary N) is 5. The molecule has 3 saturated carbocycles. The molecular weight excluding hydrogens is 1740 g/mol. The minimum absolute atomic E-state index is 0.0310. The summed E-state index contributed by atoms with van der Waals surface area (Å²) in [6.07, 6.45) is -7.65. The van der Waals surface area contributed by atoms with E-state index in [2.05, 4.69) is 70.8 Å². The monoisotopic (exact) mass is 1830 g/mol. The first kappa shape index (κ1) is 95.7. The standard InChI is InChI=1S/C30H32F5N5O5.C25H24F5N5O3.C16H20FN5O3.C14H14F4O3/c1-28(2,3)45-27(43)40-21-5-7-24(37-20(21)14-36-40)38-25(41)22-13-18(32)15-39(22)26(42)29(8-10-30(34,35)11-9-29)17-4-6-23(44-16-31)19(33)12-17;26-13-38-20-3-1-14(9-16(20)28)24(5-7-25(29,30)8-6-24)23(37)35-12-15(27)10-19(35)22(36)33-21-4-2-17-18(32-21)11-31-34-17;1-16(2,3)25-15(24)22-12-4-5-13(20-11(12)8-19-22)21-14(23)10-6-9(17)7-18-10;15-8-21-11-2-1-9(7-10(11)16)13(12(19)20)3-5-14(17,18)6-4-13/h4-7,12,14,18,22H,8-11,13,15-16H2,1-3H3,(H,37,38,41);1-4,9,11,15,19H,5-8,10,12-13H2,(H,31,34)(H,32,33,36);4-5,8-10,18H,6-7H2,1-3H3,(H,20,21,23);1-2,7H,3-6,8H2,(H,19,20)/t18-,22-;15-,19-;9-,10-;/m111./s1. The summed E-state index contributed by atoms with van der Waals surface area (Å²) < 4.78 is 233. The minimum Gasteiger partial charge on any atom is -0.481 e. The lowest BCUT2D eigenvalue weighted by Gasteiger charge is -2.42. The van der Waals surface area contributed by atoms with Crippen LogP contribution in [0.4, 0.5) is 92.9 Å². The van der Waals surface area contributed by atoms with E-state index in [0.717, 1.165) is 55.6 Å². The van der Waals surface area contributed by atoms with Gasteiger partial charge in [-0.2, -0.15) is 24.7 Å². The number of anilines is 3. The molecule has 44 heteroatoms. The highest BCUT2D eigenvalue weighted by atomic mass is 19.3. The zero-order chi connectivity index (χ0) is 93.7. The van der Waals surface area contributed by atoms with Gasteiger partial charge < -0.3 is 59.9 Å². The van der Waals surface area contributed by atoms with Crippen molar-refractivity contribution < 1.29 is 133 Å². The van der Waals surface area contributed by atoms with Crippen LogP contribution in [-0.2, 0) is 54.5 Å². The van der Waals surface area contributed by atoms with Gasteiger partial charge in [0.1, 0.15) is 75.8 Å². The molecule has 129 heavy (non-hydrogen) atoms. The van der Waals surface area contributed by atoms with E-state index in [4.69, 9.17) is 9.47 Å². The molecule has 6 fully saturated rings. The average Bonchev–Trinajstić information content (AvgIpc) is 1.73. The van der Waals surface area contributed by atoms with E-state index in [1.54, 1.807) is 59.7 Å². The van der Waals surface area contributed by atoms with Crippen LogP contribution in [0.2, 0.25) is 0 Å². The topological polar surface area (TPSA) is 361 Å². The maximum absolute atomic E-state index is 14.8. The molecule has 3 aliphatic heterocycles. The van der Waals surface area contributed by atoms with Gasteiger partial charge in [0, 0.05) is 64.3 Å². The van der Waals surface area contributed by atoms with Crippen LogP contribution in [0.15, 0.2) is 110 Å². The number of H-pyrrole nitrogens is 1. The molecule has 9 aromatic rings. The van der Waals surface area contributed by atoms with Crippen molar-refractivity contribution in [2.24, 2.45) is 0 Å². The van der Waals surface area contributed by atoms with E-state index in [1.807, 2.05) is 0 Å². The van der Waals surface area contributed by atoms with Crippen LogP contribution in [0.1, 0.15) is 155 Å². The van der Waals surface area contributed by atoms with Gasteiger partial charge in [-0.25, -0.2) is 90.4 Å². The number of amides is 5. The number of aliphatic carboxylic acids is 1. The highest BCUT2D eigenvalue weighted by Crippen LogP contribution is 2.52. The molecule has 3 aliphatic carbocycles. The van der Waals surface area contributed by atoms with E-state index in [-0.39, 0.29) is 110 Å². The zero-order valence-electron chi connectivity index (χ0n) is 70.1. The number of aromatic nitrogens is 9. The summed E-state index contributed by atoms with van der Waals surface area (Å²) in [6.45, 7) is 5.87. The normalized spacial score (nSPS) is 21.2. The smallest absolute Gasteiger partial charge is 0.435 e. The summed E-state index contributed by atoms with van der Waals surface area (Å²) in [4.78, 5) is 118. The number of halogens is 15. The lowest BCUT2D eigenvalue weighted by Crippen LogP contribution is -2.54. The quantitative estimate of drug-likeness (QED) is 0.0435. The molecule has 6 aromatic heterocycles. The second-order valence-corrected chi connectivity index (χ2v) is 34.0. The number of benzene rings is 3. The van der Waals surface area contributed by atoms with Crippen molar-refractivity contribution >= 4 is 98.2 Å². The van der Waals surface area contributed by atoms with E-state index >= 15 is 0 Å². The number of ether oxygens (including phenoxy) is 5. The molecule has 694 valence electrons. The molecular formula is C85H90F15N15O14. The number of likely N-dealkylation sites (tertiary alicyclic amines) is 2. The zero-order valence-corrected chi connectivity index (χ0v) is 70.1. The fraction of sp³-hybridized carbons (Fsp3) is 0.482.